The fourth-order valence-electron chi connectivity index (χ4n) is 18.3. The molecule has 0 spiro atoms. The lowest BCUT2D eigenvalue weighted by atomic mass is 9.33. The van der Waals surface area contributed by atoms with Crippen LogP contribution in [0.5, 0.6) is 0 Å². The molecule has 0 saturated carbocycles. The first-order chi connectivity index (χ1) is 60.5. The highest BCUT2D eigenvalue weighted by molar-refractivity contribution is 7.00. The fraction of sp³-hybridized carbons (Fsp3) is 0.310. The molecule has 0 bridgehead atoms. The Hall–Kier alpha value is -10.9. The second-order valence-electron chi connectivity index (χ2n) is 40.5. The lowest BCUT2D eigenvalue weighted by Gasteiger charge is -2.46. The van der Waals surface area contributed by atoms with E-state index in [9.17, 15) is 16.4 Å². The highest BCUT2D eigenvalue weighted by atomic mass is 15.2. The van der Waals surface area contributed by atoms with Crippen LogP contribution in [-0.4, -0.2) is 15.8 Å². The van der Waals surface area contributed by atoms with Crippen LogP contribution >= 0.6 is 0 Å². The number of nitrogens with zero attached hydrogens (tertiary/aromatic N) is 4. The Balaban J connectivity index is 1.13. The number of para-hydroxylation sites is 4. The molecule has 0 radical (unpaired) electrons. The quantitative estimate of drug-likeness (QED) is 0.0951. The number of anilines is 6. The van der Waals surface area contributed by atoms with Crippen molar-refractivity contribution in [2.45, 2.75) is 190 Å². The average molecular weight is 1560 g/mol. The monoisotopic (exact) mass is 1560 g/mol. The van der Waals surface area contributed by atoms with Gasteiger partial charge in [0.1, 0.15) is 0 Å². The summed E-state index contributed by atoms with van der Waals surface area (Å²) < 4.78 is 128. The molecule has 2 aliphatic rings. The van der Waals surface area contributed by atoms with Crippen LogP contribution in [0.2, 0.25) is 0 Å². The summed E-state index contributed by atoms with van der Waals surface area (Å²) in [7, 11) is 0. The van der Waals surface area contributed by atoms with E-state index < -0.39 is 82.9 Å². The van der Waals surface area contributed by atoms with Gasteiger partial charge in [-0.05, 0) is 245 Å². The molecule has 13 aromatic carbocycles. The van der Waals surface area contributed by atoms with Crippen molar-refractivity contribution in [1.29, 1.82) is 0 Å². The van der Waals surface area contributed by atoms with E-state index in [0.717, 1.165) is 99.7 Å². The highest BCUT2D eigenvalue weighted by Gasteiger charge is 2.47. The number of rotatable bonds is 15. The van der Waals surface area contributed by atoms with Gasteiger partial charge in [-0.25, -0.2) is 0 Å². The minimum atomic E-state index is -2.05. The topological polar surface area (TPSA) is 16.3 Å². The van der Waals surface area contributed by atoms with Crippen molar-refractivity contribution >= 4 is 101 Å². The van der Waals surface area contributed by atoms with E-state index in [-0.39, 0.29) is 0 Å². The number of benzene rings is 13. The van der Waals surface area contributed by atoms with Gasteiger partial charge in [-0.2, -0.15) is 0 Å². The second kappa shape index (κ2) is 29.6. The minimum Gasteiger partial charge on any atom is -0.310 e. The van der Waals surface area contributed by atoms with Gasteiger partial charge in [0.15, 0.2) is 0 Å². The van der Waals surface area contributed by atoms with E-state index in [0.29, 0.717) is 95.7 Å². The van der Waals surface area contributed by atoms with Crippen molar-refractivity contribution < 1.29 is 16.4 Å². The van der Waals surface area contributed by atoms with Crippen molar-refractivity contribution in [3.63, 3.8) is 0 Å². The van der Waals surface area contributed by atoms with E-state index in [1.807, 2.05) is 246 Å². The van der Waals surface area contributed by atoms with Gasteiger partial charge in [0.05, 0.1) is 33.4 Å². The predicted molar refractivity (Wildman–Crippen MR) is 513 cm³/mol. The third-order valence-electron chi connectivity index (χ3n) is 22.0. The normalized spacial score (nSPS) is 15.7. The minimum absolute atomic E-state index is 0.373. The summed E-state index contributed by atoms with van der Waals surface area (Å²) in [5.74, 6) is 0. The SMILES string of the molecule is [2H]C([2H])(c1cccc(-c2cc(C([2H])([2H])C(C)(C)C)cc(-c3cccc(C([2H])([2H])C(C)(C)C)c3)c2N2c3cc(-n4c5ccccc5c5ccccc54)ccc3B3c4ccc(-n5c6ccccc6c6ccccc65)cc4N(c4c(-c5cccc(C([2H])([2H])C(C)(C)C)c5)cc(C([2H])([2H])C(C)(C)C)cc4-c4cccc(C([2H])([2H])C(C)(C)C)c4)c4cc(CC(C)(C)C)cc2c43)c1)C(C)(C)C. The molecule has 0 unspecified atom stereocenters. The van der Waals surface area contributed by atoms with Crippen LogP contribution in [0.25, 0.3) is 99.5 Å². The standard InChI is InChI=1S/C113H121BN4/c1-107(2,3)66-73-34-30-38-80(54-73)90-58-77(70-111(13,14)15)59-91(81-39-31-35-74(55-81)67-108(4,5)6)105(90)117-100-64-84(115-96-46-26-22-42-86(96)87-43-23-27-47-97(87)115)50-52-94(100)114-95-53-51-85(116-98-48-28-24-44-88(98)89-45-25-29-49-99(89)116)65-101(95)118(103-63-79(72-113(19,20)21)62-102(117)104(103)114)106-92(82-40-32-36-75(56-82)68-109(7,8)9)60-78(71-112(16,17)18)61-93(106)83-41-33-37-76(57-83)69-110(10,11)12/h22-65H,66-72H2,1-21H3/i66D2,67D2,68D2,69D2,70D2,71D2. The number of hydrogen-bond donors (Lipinski definition) is 0. The van der Waals surface area contributed by atoms with Crippen molar-refractivity contribution in [2.24, 2.45) is 37.9 Å². The zero-order valence-corrected chi connectivity index (χ0v) is 73.0. The molecule has 17 rings (SSSR count). The van der Waals surface area contributed by atoms with E-state index in [2.05, 4.69) is 185 Å². The first-order valence-electron chi connectivity index (χ1n) is 48.3. The third kappa shape index (κ3) is 16.1. The third-order valence-corrected chi connectivity index (χ3v) is 22.0. The molecule has 0 N–H and O–H groups in total. The van der Waals surface area contributed by atoms with Crippen molar-refractivity contribution in [3.8, 4) is 55.9 Å². The second-order valence-corrected chi connectivity index (χ2v) is 40.5. The van der Waals surface area contributed by atoms with Crippen LogP contribution in [0.1, 0.15) is 201 Å². The summed E-state index contributed by atoms with van der Waals surface area (Å²) >= 11 is 0. The van der Waals surface area contributed by atoms with Crippen molar-refractivity contribution in [2.75, 3.05) is 9.80 Å². The number of aromatic nitrogens is 2. The molecule has 4 nitrogen and oxygen atoms in total. The lowest BCUT2D eigenvalue weighted by Crippen LogP contribution is -2.61. The Kier molecular flexibility index (Phi) is 16.6. The summed E-state index contributed by atoms with van der Waals surface area (Å²) in [4.78, 5) is 4.83. The Labute approximate surface area is 722 Å². The Bertz CT molecular complexity index is 6360. The van der Waals surface area contributed by atoms with E-state index in [1.165, 1.54) is 0 Å². The molecule has 0 amide bonds. The summed E-state index contributed by atoms with van der Waals surface area (Å²) in [5.41, 5.74) is 15.2. The molecule has 5 heteroatoms. The summed E-state index contributed by atoms with van der Waals surface area (Å²) in [6, 6.07) is 91.7. The van der Waals surface area contributed by atoms with Gasteiger partial charge < -0.3 is 18.9 Å². The molecule has 0 fully saturated rings. The molecule has 118 heavy (non-hydrogen) atoms. The molecular formula is C113H121BN4. The molecule has 2 aromatic heterocycles. The fourth-order valence-corrected chi connectivity index (χ4v) is 18.3. The molecule has 0 atom stereocenters. The molecule has 0 saturated heterocycles. The molecule has 2 aliphatic heterocycles. The van der Waals surface area contributed by atoms with E-state index in [1.54, 1.807) is 0 Å². The average Bonchev–Trinajstić information content (AvgIpc) is 0.957. The highest BCUT2D eigenvalue weighted by Crippen LogP contribution is 2.56. The summed E-state index contributed by atoms with van der Waals surface area (Å²) in [5, 5.41) is 4.31. The first-order valence-corrected chi connectivity index (χ1v) is 42.3. The van der Waals surface area contributed by atoms with Gasteiger partial charge in [0, 0.05) is 94.4 Å². The Morgan fingerprint density at radius 1 is 0.246 bits per heavy atom. The van der Waals surface area contributed by atoms with Crippen LogP contribution in [0.15, 0.2) is 267 Å². The zero-order chi connectivity index (χ0) is 93.8. The lowest BCUT2D eigenvalue weighted by molar-refractivity contribution is 0.410. The van der Waals surface area contributed by atoms with Crippen LogP contribution in [0.3, 0.4) is 0 Å². The molecule has 0 aliphatic carbocycles. The molecule has 596 valence electrons. The first kappa shape index (κ1) is 66.1. The maximum Gasteiger partial charge on any atom is 0.252 e. The number of fused-ring (bicyclic) bond motifs is 10. The van der Waals surface area contributed by atoms with E-state index >= 15 is 0 Å². The molecular weight excluding hydrogens is 1420 g/mol. The molecule has 15 aromatic rings. The summed E-state index contributed by atoms with van der Waals surface area (Å²) in [6.45, 7) is 40.7. The summed E-state index contributed by atoms with van der Waals surface area (Å²) in [6.07, 6.45) is -11.2. The predicted octanol–water partition coefficient (Wildman–Crippen LogP) is 29.8. The van der Waals surface area contributed by atoms with Crippen LogP contribution in [0, 0.1) is 37.9 Å². The zero-order valence-electron chi connectivity index (χ0n) is 85.0. The Morgan fingerprint density at radius 3 is 0.788 bits per heavy atom. The van der Waals surface area contributed by atoms with Crippen molar-refractivity contribution in [1.82, 2.24) is 9.13 Å². The maximum atomic E-state index is 10.6. The van der Waals surface area contributed by atoms with Crippen LogP contribution in [-0.2, 0) is 44.7 Å². The van der Waals surface area contributed by atoms with Gasteiger partial charge in [-0.1, -0.05) is 327 Å². The van der Waals surface area contributed by atoms with Crippen molar-refractivity contribution in [3.05, 3.63) is 306 Å². The van der Waals surface area contributed by atoms with E-state index in [4.69, 9.17) is 0 Å². The van der Waals surface area contributed by atoms with Gasteiger partial charge in [-0.15, -0.1) is 0 Å². The Morgan fingerprint density at radius 2 is 0.517 bits per heavy atom. The smallest absolute Gasteiger partial charge is 0.252 e. The van der Waals surface area contributed by atoms with Crippen LogP contribution < -0.4 is 26.2 Å². The van der Waals surface area contributed by atoms with Gasteiger partial charge >= 0.3 is 0 Å². The van der Waals surface area contributed by atoms with Gasteiger partial charge in [0.2, 0.25) is 0 Å². The maximum absolute atomic E-state index is 10.6. The molecule has 4 heterocycles. The number of hydrogen-bond acceptors (Lipinski definition) is 2. The largest absolute Gasteiger partial charge is 0.310 e. The van der Waals surface area contributed by atoms with Crippen LogP contribution in [0.4, 0.5) is 34.1 Å². The van der Waals surface area contributed by atoms with Gasteiger partial charge in [0.25, 0.3) is 6.71 Å². The van der Waals surface area contributed by atoms with Gasteiger partial charge in [-0.3, -0.25) is 0 Å².